The first-order chi connectivity index (χ1) is 6.27. The number of amides is 1. The van der Waals surface area contributed by atoms with Crippen molar-refractivity contribution in [3.8, 4) is 0 Å². The van der Waals surface area contributed by atoms with Crippen molar-refractivity contribution in [2.45, 2.75) is 10.1 Å². The summed E-state index contributed by atoms with van der Waals surface area (Å²) in [5, 5.41) is 3.03. The highest BCUT2D eigenvalue weighted by molar-refractivity contribution is 8.00. The van der Waals surface area contributed by atoms with Crippen molar-refractivity contribution in [1.29, 1.82) is 0 Å². The molecule has 3 N–H and O–H groups in total. The fourth-order valence-corrected chi connectivity index (χ4v) is 2.29. The number of hydrogen-bond donors (Lipinski definition) is 2. The minimum absolute atomic E-state index is 0.144. The van der Waals surface area contributed by atoms with Crippen molar-refractivity contribution in [3.63, 3.8) is 0 Å². The zero-order valence-corrected chi connectivity index (χ0v) is 7.80. The van der Waals surface area contributed by atoms with Crippen LogP contribution in [-0.2, 0) is 4.79 Å². The number of anilines is 1. The minimum atomic E-state index is -0.257. The quantitative estimate of drug-likeness (QED) is 0.702. The molecule has 1 aliphatic rings. The fraction of sp³-hybridized carbons (Fsp3) is 0.222. The van der Waals surface area contributed by atoms with E-state index in [1.807, 2.05) is 24.3 Å². The first-order valence-corrected chi connectivity index (χ1v) is 4.94. The number of carbonyl (C=O) groups is 1. The van der Waals surface area contributed by atoms with Crippen molar-refractivity contribution in [1.82, 2.24) is 0 Å². The third-order valence-corrected chi connectivity index (χ3v) is 3.24. The molecule has 0 aliphatic carbocycles. The Hall–Kier alpha value is -1.16. The fourth-order valence-electron chi connectivity index (χ4n) is 1.27. The maximum atomic E-state index is 10.9. The number of primary amides is 1. The molecule has 3 nitrogen and oxygen atoms in total. The van der Waals surface area contributed by atoms with Gasteiger partial charge in [-0.1, -0.05) is 12.1 Å². The van der Waals surface area contributed by atoms with Crippen LogP contribution in [0, 0.1) is 0 Å². The highest BCUT2D eigenvalue weighted by atomic mass is 32.2. The lowest BCUT2D eigenvalue weighted by Gasteiger charge is -2.22. The summed E-state index contributed by atoms with van der Waals surface area (Å²) >= 11 is 1.53. The Bertz CT molecular complexity index is 340. The Morgan fingerprint density at radius 1 is 1.54 bits per heavy atom. The Morgan fingerprint density at radius 3 is 3.08 bits per heavy atom. The van der Waals surface area contributed by atoms with Gasteiger partial charge < -0.3 is 11.1 Å². The van der Waals surface area contributed by atoms with Crippen LogP contribution in [0.15, 0.2) is 29.2 Å². The van der Waals surface area contributed by atoms with Gasteiger partial charge in [-0.3, -0.25) is 4.79 Å². The first kappa shape index (κ1) is 8.44. The summed E-state index contributed by atoms with van der Waals surface area (Å²) < 4.78 is 0. The molecule has 0 spiro atoms. The summed E-state index contributed by atoms with van der Waals surface area (Å²) in [5.74, 6) is -0.257. The third kappa shape index (κ3) is 1.62. The summed E-state index contributed by atoms with van der Waals surface area (Å²) in [6.07, 6.45) is 0. The molecule has 1 aromatic carbocycles. The van der Waals surface area contributed by atoms with Crippen molar-refractivity contribution in [3.05, 3.63) is 24.3 Å². The minimum Gasteiger partial charge on any atom is -0.382 e. The standard InChI is InChI=1S/C9H10N2OS/c10-9(12)8-5-11-6-3-1-2-4-7(6)13-8/h1-4,8,11H,5H2,(H2,10,12)/t8-/m0/s1. The molecule has 1 heterocycles. The van der Waals surface area contributed by atoms with Gasteiger partial charge in [0.05, 0.1) is 0 Å². The molecule has 1 aliphatic heterocycles. The second-order valence-corrected chi connectivity index (χ2v) is 4.13. The van der Waals surface area contributed by atoms with Gasteiger partial charge in [0.1, 0.15) is 5.25 Å². The third-order valence-electron chi connectivity index (χ3n) is 1.95. The number of nitrogens with two attached hydrogens (primary N) is 1. The maximum absolute atomic E-state index is 10.9. The van der Waals surface area contributed by atoms with E-state index in [1.54, 1.807) is 0 Å². The summed E-state index contributed by atoms with van der Waals surface area (Å²) in [7, 11) is 0. The van der Waals surface area contributed by atoms with Crippen LogP contribution in [0.25, 0.3) is 0 Å². The SMILES string of the molecule is NC(=O)[C@@H]1CNc2ccccc2S1. The molecule has 4 heteroatoms. The van der Waals surface area contributed by atoms with E-state index < -0.39 is 0 Å². The van der Waals surface area contributed by atoms with Crippen LogP contribution < -0.4 is 11.1 Å². The van der Waals surface area contributed by atoms with E-state index in [1.165, 1.54) is 11.8 Å². The Balaban J connectivity index is 2.24. The normalized spacial score (nSPS) is 20.2. The largest absolute Gasteiger partial charge is 0.382 e. The molecule has 1 amide bonds. The number of hydrogen-bond acceptors (Lipinski definition) is 3. The van der Waals surface area contributed by atoms with Gasteiger partial charge in [0.25, 0.3) is 0 Å². The number of nitrogens with one attached hydrogen (secondary N) is 1. The number of fused-ring (bicyclic) bond motifs is 1. The predicted octanol–water partition coefficient (Wildman–Crippen LogP) is 1.06. The number of benzene rings is 1. The molecule has 0 unspecified atom stereocenters. The molecule has 2 rings (SSSR count). The van der Waals surface area contributed by atoms with Gasteiger partial charge in [-0.15, -0.1) is 11.8 Å². The molecule has 0 bridgehead atoms. The molecule has 68 valence electrons. The van der Waals surface area contributed by atoms with E-state index in [0.717, 1.165) is 10.6 Å². The van der Waals surface area contributed by atoms with Crippen molar-refractivity contribution in [2.75, 3.05) is 11.9 Å². The van der Waals surface area contributed by atoms with E-state index in [4.69, 9.17) is 5.73 Å². The summed E-state index contributed by atoms with van der Waals surface area (Å²) in [5.41, 5.74) is 6.31. The summed E-state index contributed by atoms with van der Waals surface area (Å²) in [6, 6.07) is 7.91. The topological polar surface area (TPSA) is 55.1 Å². The lowest BCUT2D eigenvalue weighted by atomic mass is 10.3. The van der Waals surface area contributed by atoms with Gasteiger partial charge in [0.15, 0.2) is 0 Å². The molecular formula is C9H10N2OS. The molecule has 0 saturated heterocycles. The van der Waals surface area contributed by atoms with E-state index >= 15 is 0 Å². The average molecular weight is 194 g/mol. The molecule has 13 heavy (non-hydrogen) atoms. The van der Waals surface area contributed by atoms with Crippen molar-refractivity contribution < 1.29 is 4.79 Å². The van der Waals surface area contributed by atoms with Gasteiger partial charge >= 0.3 is 0 Å². The highest BCUT2D eigenvalue weighted by Gasteiger charge is 2.22. The second kappa shape index (κ2) is 3.30. The van der Waals surface area contributed by atoms with Gasteiger partial charge in [-0.25, -0.2) is 0 Å². The highest BCUT2D eigenvalue weighted by Crippen LogP contribution is 2.34. The number of thioether (sulfide) groups is 1. The zero-order valence-electron chi connectivity index (χ0n) is 6.99. The van der Waals surface area contributed by atoms with Crippen LogP contribution >= 0.6 is 11.8 Å². The summed E-state index contributed by atoms with van der Waals surface area (Å²) in [6.45, 7) is 0.622. The molecule has 0 fully saturated rings. The van der Waals surface area contributed by atoms with Crippen molar-refractivity contribution >= 4 is 23.4 Å². The van der Waals surface area contributed by atoms with Gasteiger partial charge in [0.2, 0.25) is 5.91 Å². The van der Waals surface area contributed by atoms with Crippen molar-refractivity contribution in [2.24, 2.45) is 5.73 Å². The zero-order chi connectivity index (χ0) is 9.26. The first-order valence-electron chi connectivity index (χ1n) is 4.06. The monoisotopic (exact) mass is 194 g/mol. The Morgan fingerprint density at radius 2 is 2.31 bits per heavy atom. The lowest BCUT2D eigenvalue weighted by molar-refractivity contribution is -0.117. The lowest BCUT2D eigenvalue weighted by Crippen LogP contribution is -2.34. The van der Waals surface area contributed by atoms with Crippen LogP contribution in [0.4, 0.5) is 5.69 Å². The van der Waals surface area contributed by atoms with Crippen LogP contribution in [0.1, 0.15) is 0 Å². The van der Waals surface area contributed by atoms with Crippen LogP contribution in [0.2, 0.25) is 0 Å². The van der Waals surface area contributed by atoms with Crippen LogP contribution in [-0.4, -0.2) is 17.7 Å². The van der Waals surface area contributed by atoms with E-state index in [9.17, 15) is 4.79 Å². The van der Waals surface area contributed by atoms with Gasteiger partial charge in [0, 0.05) is 17.1 Å². The molecule has 0 saturated carbocycles. The molecule has 0 radical (unpaired) electrons. The van der Waals surface area contributed by atoms with E-state index in [2.05, 4.69) is 5.32 Å². The smallest absolute Gasteiger partial charge is 0.232 e. The molecular weight excluding hydrogens is 184 g/mol. The molecule has 1 atom stereocenters. The van der Waals surface area contributed by atoms with Gasteiger partial charge in [-0.2, -0.15) is 0 Å². The van der Waals surface area contributed by atoms with Crippen LogP contribution in [0.3, 0.4) is 0 Å². The number of para-hydroxylation sites is 1. The maximum Gasteiger partial charge on any atom is 0.232 e. The summed E-state index contributed by atoms with van der Waals surface area (Å²) in [4.78, 5) is 12.0. The Labute approximate surface area is 80.7 Å². The van der Waals surface area contributed by atoms with Gasteiger partial charge in [-0.05, 0) is 12.1 Å². The Kier molecular flexibility index (Phi) is 2.14. The van der Waals surface area contributed by atoms with E-state index in [-0.39, 0.29) is 11.2 Å². The predicted molar refractivity (Wildman–Crippen MR) is 53.8 cm³/mol. The van der Waals surface area contributed by atoms with E-state index in [0.29, 0.717) is 6.54 Å². The number of rotatable bonds is 1. The molecule has 0 aromatic heterocycles. The average Bonchev–Trinajstić information content (AvgIpc) is 2.17. The molecule has 1 aromatic rings. The number of carbonyl (C=O) groups excluding carboxylic acids is 1. The van der Waals surface area contributed by atoms with Crippen LogP contribution in [0.5, 0.6) is 0 Å². The second-order valence-electron chi connectivity index (χ2n) is 2.89.